The van der Waals surface area contributed by atoms with E-state index in [1.807, 2.05) is 19.2 Å². The summed E-state index contributed by atoms with van der Waals surface area (Å²) in [6.45, 7) is 2.04. The first-order chi connectivity index (χ1) is 24.2. The number of nitrogens with two attached hydrogens (primary N) is 1. The molecular weight excluding hydrogens is 597 g/mol. The molecule has 3 N–H and O–H groups in total. The van der Waals surface area contributed by atoms with E-state index in [0.29, 0.717) is 0 Å². The fourth-order valence-electron chi connectivity index (χ4n) is 7.16. The van der Waals surface area contributed by atoms with Crippen molar-refractivity contribution in [3.63, 3.8) is 0 Å². The Hall–Kier alpha value is -6.13. The Morgan fingerprint density at radius 3 is 2.06 bits per heavy atom. The summed E-state index contributed by atoms with van der Waals surface area (Å²) in [5.41, 5.74) is 20.0. The third-order valence-electron chi connectivity index (χ3n) is 9.52. The van der Waals surface area contributed by atoms with Crippen molar-refractivity contribution in [1.82, 2.24) is 10.3 Å². The maximum absolute atomic E-state index is 6.77. The van der Waals surface area contributed by atoms with Gasteiger partial charge in [-0.05, 0) is 107 Å². The number of allylic oxidation sites excluding steroid dienone is 6. The van der Waals surface area contributed by atoms with Crippen molar-refractivity contribution in [1.29, 1.82) is 0 Å². The quantitative estimate of drug-likeness (QED) is 0.187. The summed E-state index contributed by atoms with van der Waals surface area (Å²) in [6.07, 6.45) is 19.3. The molecule has 1 aliphatic carbocycles. The van der Waals surface area contributed by atoms with Crippen LogP contribution in [-0.4, -0.2) is 11.0 Å². The van der Waals surface area contributed by atoms with Gasteiger partial charge < -0.3 is 16.0 Å². The van der Waals surface area contributed by atoms with Crippen molar-refractivity contribution in [2.24, 2.45) is 11.7 Å². The number of pyridine rings is 1. The number of aromatic nitrogens is 1. The molecule has 49 heavy (non-hydrogen) atoms. The number of hydrogen-bond donors (Lipinski definition) is 2. The normalized spacial score (nSPS) is 19.9. The van der Waals surface area contributed by atoms with Gasteiger partial charge in [0.05, 0.1) is 23.5 Å². The first-order valence-corrected chi connectivity index (χ1v) is 16.9. The first-order valence-electron chi connectivity index (χ1n) is 16.9. The summed E-state index contributed by atoms with van der Waals surface area (Å²) in [6, 6.07) is 43.0. The van der Waals surface area contributed by atoms with Gasteiger partial charge in [-0.2, -0.15) is 0 Å². The van der Waals surface area contributed by atoms with E-state index < -0.39 is 0 Å². The highest BCUT2D eigenvalue weighted by Gasteiger charge is 2.37. The van der Waals surface area contributed by atoms with E-state index in [0.717, 1.165) is 45.2 Å². The van der Waals surface area contributed by atoms with Gasteiger partial charge in [-0.1, -0.05) is 109 Å². The third kappa shape index (κ3) is 5.94. The molecule has 3 atom stereocenters. The van der Waals surface area contributed by atoms with Crippen LogP contribution in [0.2, 0.25) is 0 Å². The van der Waals surface area contributed by atoms with E-state index in [4.69, 9.17) is 10.7 Å². The Balaban J connectivity index is 1.25. The van der Waals surface area contributed by atoms with E-state index in [9.17, 15) is 0 Å². The molecule has 0 radical (unpaired) electrons. The van der Waals surface area contributed by atoms with Crippen molar-refractivity contribution in [3.8, 4) is 22.3 Å². The van der Waals surface area contributed by atoms with Gasteiger partial charge in [0.1, 0.15) is 0 Å². The van der Waals surface area contributed by atoms with E-state index in [1.165, 1.54) is 22.3 Å². The number of hydrogen-bond acceptors (Lipinski definition) is 4. The number of nitrogens with zero attached hydrogens (tertiary/aromatic N) is 2. The standard InChI is InChI=1S/C45H38N4/c1-2-14-44-45(46)39-21-9-10-23-43(39)49(44)38-20-13-19-33(28-38)36-29-41(48-42(30-36)40-22-11-12-24-47-40)37-26-34(31-15-5-3-6-16-31)25-35(27-37)32-17-7-4-8-18-32/h2-30,39,42-43,48H,46H2,1H3/b14-2-. The lowest BCUT2D eigenvalue weighted by Gasteiger charge is -2.30. The van der Waals surface area contributed by atoms with Gasteiger partial charge in [-0.15, -0.1) is 0 Å². The molecule has 1 aromatic heterocycles. The van der Waals surface area contributed by atoms with Crippen LogP contribution in [0.15, 0.2) is 188 Å². The van der Waals surface area contributed by atoms with Gasteiger partial charge in [-0.3, -0.25) is 4.98 Å². The molecule has 0 bridgehead atoms. The van der Waals surface area contributed by atoms with E-state index in [2.05, 4.69) is 174 Å². The van der Waals surface area contributed by atoms with Crippen LogP contribution < -0.4 is 16.0 Å². The molecule has 5 aromatic rings. The van der Waals surface area contributed by atoms with Crippen LogP contribution >= 0.6 is 0 Å². The fourth-order valence-corrected chi connectivity index (χ4v) is 7.16. The molecule has 4 aromatic carbocycles. The molecule has 0 saturated carbocycles. The Labute approximate surface area is 288 Å². The summed E-state index contributed by atoms with van der Waals surface area (Å²) in [5.74, 6) is 0.147. The van der Waals surface area contributed by atoms with Crippen molar-refractivity contribution in [3.05, 3.63) is 204 Å². The van der Waals surface area contributed by atoms with E-state index >= 15 is 0 Å². The van der Waals surface area contributed by atoms with Gasteiger partial charge in [0.25, 0.3) is 0 Å². The molecule has 0 amide bonds. The molecule has 0 spiro atoms. The van der Waals surface area contributed by atoms with E-state index in [-0.39, 0.29) is 18.0 Å². The minimum absolute atomic E-state index is 0.114. The van der Waals surface area contributed by atoms with Crippen LogP contribution in [0, 0.1) is 5.92 Å². The Morgan fingerprint density at radius 2 is 1.37 bits per heavy atom. The second-order valence-electron chi connectivity index (χ2n) is 12.6. The van der Waals surface area contributed by atoms with Crippen LogP contribution in [0.5, 0.6) is 0 Å². The molecule has 3 unspecified atom stereocenters. The summed E-state index contributed by atoms with van der Waals surface area (Å²) in [5, 5.41) is 3.84. The zero-order chi connectivity index (χ0) is 33.2. The van der Waals surface area contributed by atoms with E-state index in [1.54, 1.807) is 0 Å². The molecule has 0 saturated heterocycles. The number of fused-ring (bicyclic) bond motifs is 1. The Bertz CT molecular complexity index is 2110. The van der Waals surface area contributed by atoms with Crippen molar-refractivity contribution >= 4 is 17.0 Å². The van der Waals surface area contributed by atoms with Crippen LogP contribution in [0.1, 0.15) is 29.8 Å². The van der Waals surface area contributed by atoms with Crippen LogP contribution in [-0.2, 0) is 0 Å². The highest BCUT2D eigenvalue weighted by molar-refractivity contribution is 5.89. The van der Waals surface area contributed by atoms with Gasteiger partial charge in [0.15, 0.2) is 0 Å². The molecule has 4 heteroatoms. The lowest BCUT2D eigenvalue weighted by molar-refractivity contribution is 0.672. The number of rotatable bonds is 7. The summed E-state index contributed by atoms with van der Waals surface area (Å²) < 4.78 is 0. The number of nitrogens with one attached hydrogen (secondary N) is 1. The first kappa shape index (κ1) is 30.2. The lowest BCUT2D eigenvalue weighted by atomic mass is 9.91. The molecule has 4 nitrogen and oxygen atoms in total. The molecule has 0 fully saturated rings. The number of anilines is 1. The predicted molar refractivity (Wildman–Crippen MR) is 204 cm³/mol. The van der Waals surface area contributed by atoms with Crippen LogP contribution in [0.25, 0.3) is 33.5 Å². The maximum atomic E-state index is 6.77. The molecular formula is C45H38N4. The van der Waals surface area contributed by atoms with Gasteiger partial charge in [0.2, 0.25) is 0 Å². The largest absolute Gasteiger partial charge is 0.400 e. The zero-order valence-corrected chi connectivity index (χ0v) is 27.4. The topological polar surface area (TPSA) is 54.2 Å². The summed E-state index contributed by atoms with van der Waals surface area (Å²) in [7, 11) is 0. The number of benzene rings is 4. The second-order valence-corrected chi connectivity index (χ2v) is 12.6. The average molecular weight is 635 g/mol. The summed E-state index contributed by atoms with van der Waals surface area (Å²) in [4.78, 5) is 7.15. The van der Waals surface area contributed by atoms with Crippen molar-refractivity contribution in [2.45, 2.75) is 19.0 Å². The fraction of sp³-hybridized carbons (Fsp3) is 0.0889. The SMILES string of the molecule is C/C=C\C1=C(N)C2C=CC=CC2N1c1cccc(C2=CC(c3ccccn3)NC(c3cc(-c4ccccc4)cc(-c4ccccc4)c3)=C2)c1. The molecule has 238 valence electrons. The van der Waals surface area contributed by atoms with Crippen LogP contribution in [0.3, 0.4) is 0 Å². The van der Waals surface area contributed by atoms with Gasteiger partial charge in [0, 0.05) is 29.2 Å². The minimum Gasteiger partial charge on any atom is -0.400 e. The monoisotopic (exact) mass is 634 g/mol. The Morgan fingerprint density at radius 1 is 0.694 bits per heavy atom. The third-order valence-corrected chi connectivity index (χ3v) is 9.52. The maximum Gasteiger partial charge on any atom is 0.0879 e. The smallest absolute Gasteiger partial charge is 0.0879 e. The Kier molecular flexibility index (Phi) is 8.12. The molecule has 3 aliphatic rings. The predicted octanol–water partition coefficient (Wildman–Crippen LogP) is 9.86. The van der Waals surface area contributed by atoms with Gasteiger partial charge >= 0.3 is 0 Å². The van der Waals surface area contributed by atoms with Crippen LogP contribution in [0.4, 0.5) is 5.69 Å². The zero-order valence-electron chi connectivity index (χ0n) is 27.4. The molecule has 3 heterocycles. The van der Waals surface area contributed by atoms with Crippen molar-refractivity contribution < 1.29 is 0 Å². The number of dihydropyridines is 1. The van der Waals surface area contributed by atoms with Crippen molar-refractivity contribution in [2.75, 3.05) is 4.90 Å². The second kappa shape index (κ2) is 13.2. The lowest BCUT2D eigenvalue weighted by Crippen LogP contribution is -2.32. The average Bonchev–Trinajstić information content (AvgIpc) is 3.46. The summed E-state index contributed by atoms with van der Waals surface area (Å²) >= 11 is 0. The minimum atomic E-state index is -0.114. The highest BCUT2D eigenvalue weighted by Crippen LogP contribution is 2.41. The van der Waals surface area contributed by atoms with Gasteiger partial charge in [-0.25, -0.2) is 0 Å². The highest BCUT2D eigenvalue weighted by atomic mass is 15.2. The molecule has 8 rings (SSSR count). The molecule has 2 aliphatic heterocycles.